The zero-order valence-electron chi connectivity index (χ0n) is 24.4. The van der Waals surface area contributed by atoms with E-state index in [1.165, 1.54) is 0 Å². The molecule has 218 valence electrons. The van der Waals surface area contributed by atoms with E-state index < -0.39 is 0 Å². The number of morpholine rings is 1. The number of ether oxygens (including phenoxy) is 2. The minimum atomic E-state index is 0.0127. The van der Waals surface area contributed by atoms with Crippen molar-refractivity contribution in [3.8, 4) is 6.07 Å². The second-order valence-corrected chi connectivity index (χ2v) is 11.1. The second-order valence-electron chi connectivity index (χ2n) is 11.1. The normalized spacial score (nSPS) is 25.6. The van der Waals surface area contributed by atoms with Gasteiger partial charge in [-0.05, 0) is 44.8 Å². The van der Waals surface area contributed by atoms with Crippen LogP contribution in [-0.2, 0) is 9.47 Å². The van der Waals surface area contributed by atoms with Gasteiger partial charge in [-0.2, -0.15) is 5.26 Å². The lowest BCUT2D eigenvalue weighted by Crippen LogP contribution is -2.54. The molecule has 0 radical (unpaired) electrons. The summed E-state index contributed by atoms with van der Waals surface area (Å²) in [5, 5.41) is 9.57. The Morgan fingerprint density at radius 3 is 2.56 bits per heavy atom. The molecule has 4 atom stereocenters. The van der Waals surface area contributed by atoms with Crippen LogP contribution in [0.4, 0.5) is 22.9 Å². The van der Waals surface area contributed by atoms with Crippen LogP contribution in [-0.4, -0.2) is 107 Å². The van der Waals surface area contributed by atoms with Crippen LogP contribution in [0.3, 0.4) is 0 Å². The monoisotopic (exact) mass is 558 g/mol. The number of aromatic nitrogens is 1. The van der Waals surface area contributed by atoms with Crippen LogP contribution in [0.25, 0.3) is 6.08 Å². The van der Waals surface area contributed by atoms with Crippen molar-refractivity contribution < 1.29 is 9.47 Å². The van der Waals surface area contributed by atoms with Gasteiger partial charge in [0.05, 0.1) is 47.5 Å². The average molecular weight is 559 g/mol. The summed E-state index contributed by atoms with van der Waals surface area (Å²) in [4.78, 5) is 18.4. The molecule has 0 saturated carbocycles. The first kappa shape index (κ1) is 29.0. The molecule has 0 spiro atoms. The number of allylic oxidation sites excluding steroid dienone is 1. The first-order valence-corrected chi connectivity index (χ1v) is 14.5. The van der Waals surface area contributed by atoms with Crippen molar-refractivity contribution in [1.82, 2.24) is 9.88 Å². The second kappa shape index (κ2) is 13.0. The van der Waals surface area contributed by atoms with Crippen LogP contribution in [0.5, 0.6) is 0 Å². The molecule has 0 bridgehead atoms. The van der Waals surface area contributed by atoms with Crippen molar-refractivity contribution in [2.45, 2.75) is 38.2 Å². The average Bonchev–Trinajstić information content (AvgIpc) is 3.37. The summed E-state index contributed by atoms with van der Waals surface area (Å²) in [6.07, 6.45) is 6.21. The summed E-state index contributed by atoms with van der Waals surface area (Å²) in [5.41, 5.74) is 10.5. The van der Waals surface area contributed by atoms with Crippen LogP contribution in [0.2, 0.25) is 0 Å². The Hall–Kier alpha value is -3.49. The Kier molecular flexibility index (Phi) is 9.20. The maximum atomic E-state index is 9.57. The van der Waals surface area contributed by atoms with Crippen LogP contribution in [0, 0.1) is 11.3 Å². The fourth-order valence-electron chi connectivity index (χ4n) is 6.27. The largest absolute Gasteiger partial charge is 0.378 e. The molecule has 3 aliphatic rings. The fraction of sp³-hybridized carbons (Fsp3) is 0.516. The molecule has 0 aliphatic carbocycles. The summed E-state index contributed by atoms with van der Waals surface area (Å²) in [5.74, 6) is 0.950. The van der Waals surface area contributed by atoms with Gasteiger partial charge in [0.15, 0.2) is 0 Å². The van der Waals surface area contributed by atoms with Gasteiger partial charge < -0.3 is 29.9 Å². The summed E-state index contributed by atoms with van der Waals surface area (Å²) < 4.78 is 11.9. The van der Waals surface area contributed by atoms with Gasteiger partial charge in [-0.3, -0.25) is 9.89 Å². The summed E-state index contributed by atoms with van der Waals surface area (Å²) in [6.45, 7) is 15.7. The Bertz CT molecular complexity index is 1270. The van der Waals surface area contributed by atoms with Gasteiger partial charge in [-0.25, -0.2) is 4.98 Å². The van der Waals surface area contributed by atoms with Crippen LogP contribution in [0.1, 0.15) is 25.0 Å². The van der Waals surface area contributed by atoms with Crippen molar-refractivity contribution in [3.05, 3.63) is 47.7 Å². The molecule has 10 nitrogen and oxygen atoms in total. The molecule has 41 heavy (non-hydrogen) atoms. The zero-order chi connectivity index (χ0) is 28.9. The number of benzene rings is 1. The lowest BCUT2D eigenvalue weighted by molar-refractivity contribution is -0.0328. The number of hydrogen-bond acceptors (Lipinski definition) is 10. The highest BCUT2D eigenvalue weighted by Crippen LogP contribution is 2.35. The topological polar surface area (TPSA) is 106 Å². The van der Waals surface area contributed by atoms with E-state index in [-0.39, 0.29) is 24.4 Å². The molecule has 2 aromatic rings. The maximum Gasteiger partial charge on any atom is 0.128 e. The summed E-state index contributed by atoms with van der Waals surface area (Å²) in [6, 6.07) is 10.4. The first-order chi connectivity index (χ1) is 19.9. The lowest BCUT2D eigenvalue weighted by Gasteiger charge is -2.42. The number of piperazine rings is 1. The van der Waals surface area contributed by atoms with Gasteiger partial charge in [0, 0.05) is 77.3 Å². The first-order valence-electron chi connectivity index (χ1n) is 14.5. The van der Waals surface area contributed by atoms with Crippen LogP contribution >= 0.6 is 0 Å². The van der Waals surface area contributed by atoms with E-state index in [1.807, 2.05) is 37.4 Å². The highest BCUT2D eigenvalue weighted by Gasteiger charge is 2.32. The molecule has 3 saturated heterocycles. The van der Waals surface area contributed by atoms with Crippen molar-refractivity contribution in [2.24, 2.45) is 10.7 Å². The van der Waals surface area contributed by atoms with Gasteiger partial charge in [-0.1, -0.05) is 12.2 Å². The predicted molar refractivity (Wildman–Crippen MR) is 165 cm³/mol. The summed E-state index contributed by atoms with van der Waals surface area (Å²) in [7, 11) is 1.72. The Morgan fingerprint density at radius 1 is 1.12 bits per heavy atom. The molecule has 4 heterocycles. The van der Waals surface area contributed by atoms with Gasteiger partial charge in [-0.15, -0.1) is 0 Å². The molecule has 2 N–H and O–H groups in total. The van der Waals surface area contributed by atoms with Crippen molar-refractivity contribution in [2.75, 3.05) is 80.7 Å². The van der Waals surface area contributed by atoms with E-state index >= 15 is 0 Å². The predicted octanol–water partition coefficient (Wildman–Crippen LogP) is 2.90. The number of methoxy groups -OCH3 is 1. The van der Waals surface area contributed by atoms with E-state index in [0.717, 1.165) is 81.7 Å². The van der Waals surface area contributed by atoms with E-state index in [2.05, 4.69) is 56.4 Å². The number of nitrogens with two attached hydrogens (primary N) is 1. The van der Waals surface area contributed by atoms with E-state index in [9.17, 15) is 5.26 Å². The minimum absolute atomic E-state index is 0.0127. The molecule has 5 rings (SSSR count). The zero-order valence-corrected chi connectivity index (χ0v) is 24.4. The highest BCUT2D eigenvalue weighted by atomic mass is 16.5. The third-order valence-electron chi connectivity index (χ3n) is 8.34. The molecular weight excluding hydrogens is 516 g/mol. The Balaban J connectivity index is 1.18. The minimum Gasteiger partial charge on any atom is -0.378 e. The molecule has 1 aromatic heterocycles. The number of nitriles is 1. The molecule has 2 unspecified atom stereocenters. The molecule has 3 fully saturated rings. The van der Waals surface area contributed by atoms with Gasteiger partial charge in [0.2, 0.25) is 0 Å². The number of pyridine rings is 1. The molecule has 3 aliphatic heterocycles. The third kappa shape index (κ3) is 6.39. The third-order valence-corrected chi connectivity index (χ3v) is 8.34. The molecule has 0 amide bonds. The maximum absolute atomic E-state index is 9.57. The van der Waals surface area contributed by atoms with Crippen molar-refractivity contribution in [1.29, 1.82) is 5.26 Å². The fourth-order valence-corrected chi connectivity index (χ4v) is 6.27. The lowest BCUT2D eigenvalue weighted by atomic mass is 10.0. The van der Waals surface area contributed by atoms with E-state index in [4.69, 9.17) is 20.2 Å². The molecule has 10 heteroatoms. The SMILES string of the molecule is C=Nc1c(C#N)ccc(N2C[C@H](CN3CCN(c4ccc(N5CC(N)C(OC)C5)nc4)CC3)O[C@H](C)C2)c1/C=C\C. The quantitative estimate of drug-likeness (QED) is 0.490. The van der Waals surface area contributed by atoms with Crippen LogP contribution < -0.4 is 20.4 Å². The van der Waals surface area contributed by atoms with Crippen LogP contribution in [0.15, 0.2) is 41.5 Å². The van der Waals surface area contributed by atoms with Gasteiger partial charge in [0.1, 0.15) is 11.9 Å². The number of rotatable bonds is 8. The van der Waals surface area contributed by atoms with Gasteiger partial charge >= 0.3 is 0 Å². The molecule has 1 aromatic carbocycles. The van der Waals surface area contributed by atoms with E-state index in [1.54, 1.807) is 7.11 Å². The van der Waals surface area contributed by atoms with Crippen molar-refractivity contribution in [3.63, 3.8) is 0 Å². The smallest absolute Gasteiger partial charge is 0.128 e. The highest BCUT2D eigenvalue weighted by molar-refractivity contribution is 5.82. The Labute approximate surface area is 243 Å². The van der Waals surface area contributed by atoms with Gasteiger partial charge in [0.25, 0.3) is 0 Å². The molecular formula is C31H42N8O2. The summed E-state index contributed by atoms with van der Waals surface area (Å²) >= 11 is 0. The number of aliphatic imine (C=N–C) groups is 1. The number of nitrogens with zero attached hydrogens (tertiary/aromatic N) is 7. The standard InChI is InChI=1S/C31H42N8O2/c1-5-6-26-28(9-7-23(15-32)31(26)34-3)38-17-22(2)41-25(19-38)18-36-11-13-37(14-12-36)24-8-10-30(35-16-24)39-20-27(33)29(21-39)40-4/h5-10,16,22,25,27,29H,3,11-14,17-21,33H2,1-2,4H3/b6-5-/t22-,25+,27?,29?/m1/s1. The Morgan fingerprint density at radius 2 is 1.93 bits per heavy atom. The van der Waals surface area contributed by atoms with Crippen molar-refractivity contribution >= 4 is 35.7 Å². The van der Waals surface area contributed by atoms with E-state index in [0.29, 0.717) is 11.3 Å². The number of hydrogen-bond donors (Lipinski definition) is 1. The number of anilines is 3.